The Hall–Kier alpha value is -14.3. The first-order chi connectivity index (χ1) is 64.2. The molecule has 5 amide bonds. The first kappa shape index (κ1) is 94.3. The molecule has 29 heteroatoms. The number of amides is 5. The van der Waals surface area contributed by atoms with Gasteiger partial charge in [-0.25, -0.2) is 28.8 Å². The smallest absolute Gasteiger partial charge is 0.455 e. The van der Waals surface area contributed by atoms with E-state index in [2.05, 4.69) is 26.6 Å². The largest absolute Gasteiger partial charge is 0.509 e. The molecular weight excluding hydrogens is 1720 g/mol. The maximum atomic E-state index is 17.1. The van der Waals surface area contributed by atoms with Crippen molar-refractivity contribution in [3.63, 3.8) is 0 Å². The molecule has 5 aliphatic carbocycles. The highest BCUT2D eigenvalue weighted by Crippen LogP contribution is 2.65. The van der Waals surface area contributed by atoms with Gasteiger partial charge in [-0.3, -0.25) is 28.8 Å². The normalized spacial score (nSPS) is 21.9. The number of hydrogen-bond donors (Lipinski definition) is 6. The number of unbranched alkanes of at least 4 members (excludes halogenated alkanes) is 1. The van der Waals surface area contributed by atoms with Crippen molar-refractivity contribution in [1.29, 1.82) is 0 Å². The van der Waals surface area contributed by atoms with Gasteiger partial charge < -0.3 is 83.8 Å². The summed E-state index contributed by atoms with van der Waals surface area (Å²) in [6, 6.07) is 66.0. The zero-order valence-corrected chi connectivity index (χ0v) is 75.6. The van der Waals surface area contributed by atoms with Crippen molar-refractivity contribution < 1.29 is 115 Å². The van der Waals surface area contributed by atoms with Crippen molar-refractivity contribution in [1.82, 2.24) is 21.3 Å². The monoisotopic (exact) mass is 1820 g/mol. The van der Waals surface area contributed by atoms with Gasteiger partial charge in [0.1, 0.15) is 73.6 Å². The first-order valence-corrected chi connectivity index (χ1v) is 44.7. The van der Waals surface area contributed by atoms with Gasteiger partial charge in [-0.1, -0.05) is 220 Å². The number of ketones is 1. The van der Waals surface area contributed by atoms with Gasteiger partial charge in [0.05, 0.1) is 23.5 Å². The lowest BCUT2D eigenvalue weighted by atomic mass is 9.44. The van der Waals surface area contributed by atoms with Crippen LogP contribution in [0.25, 0.3) is 22.3 Å². The zero-order valence-electron chi connectivity index (χ0n) is 75.6. The van der Waals surface area contributed by atoms with E-state index in [4.69, 9.17) is 52.1 Å². The van der Waals surface area contributed by atoms with Crippen molar-refractivity contribution in [2.75, 3.05) is 31.7 Å². The Morgan fingerprint density at radius 2 is 1.09 bits per heavy atom. The molecule has 6 N–H and O–H groups in total. The van der Waals surface area contributed by atoms with Gasteiger partial charge in [-0.15, -0.1) is 0 Å². The lowest BCUT2D eigenvalue weighted by Crippen LogP contribution is -2.82. The van der Waals surface area contributed by atoms with E-state index in [-0.39, 0.29) is 72.0 Å². The summed E-state index contributed by atoms with van der Waals surface area (Å²) in [5.74, 6) is -10.0. The van der Waals surface area contributed by atoms with Gasteiger partial charge in [0.25, 0.3) is 5.91 Å². The SMILES string of the molecule is CC(=O)O[C@H]1C(=O)[C@@]2(C)C(C(OC(=O)c3ccccc3)[C@]3(O)CC(OC(=O)C(OC(=O)OCC4c5ccccc5-c5ccccc54)C(NC(=O)c4ccccc4)c4ccccc4)C(C)=C1C3(C)C)C1(OC(C)=O)COC1C[C@@H]2OC(=O)OCc1ccc(NC(=O)[C@H](CCCCNC(=O)OCC2c3ccccc3-c3ccccc32)NC(=O)C(Cc2ccccc2)NC(=O)OC(C)(C)C)cc1. The first-order valence-electron chi connectivity index (χ1n) is 44.7. The lowest BCUT2D eigenvalue weighted by molar-refractivity contribution is -0.346. The number of esters is 4. The Bertz CT molecular complexity index is 5860. The fourth-order valence-corrected chi connectivity index (χ4v) is 19.7. The van der Waals surface area contributed by atoms with Crippen molar-refractivity contribution in [2.24, 2.45) is 16.7 Å². The Morgan fingerprint density at radius 3 is 1.64 bits per heavy atom. The molecule has 6 aliphatic rings. The number of nitrogens with one attached hydrogen (secondary N) is 5. The summed E-state index contributed by atoms with van der Waals surface area (Å²) >= 11 is 0. The molecule has 134 heavy (non-hydrogen) atoms. The molecule has 696 valence electrons. The Labute approximate surface area is 775 Å². The molecule has 1 aliphatic heterocycles. The minimum atomic E-state index is -2.71. The van der Waals surface area contributed by atoms with E-state index in [9.17, 15) is 48.3 Å². The van der Waals surface area contributed by atoms with Gasteiger partial charge in [0.2, 0.25) is 17.9 Å². The maximum absolute atomic E-state index is 17.1. The number of fused-ring (bicyclic) bond motifs is 11. The van der Waals surface area contributed by atoms with Gasteiger partial charge in [-0.05, 0) is 163 Å². The van der Waals surface area contributed by atoms with Crippen LogP contribution < -0.4 is 26.6 Å². The van der Waals surface area contributed by atoms with Crippen LogP contribution in [0.3, 0.4) is 0 Å². The Balaban J connectivity index is 0.701. The highest BCUT2D eigenvalue weighted by atomic mass is 16.7. The molecule has 15 rings (SSSR count). The number of rotatable bonds is 30. The fraction of sp³-hybridized carbons (Fsp3) is 0.352. The van der Waals surface area contributed by atoms with Crippen molar-refractivity contribution in [3.05, 3.63) is 304 Å². The molecule has 3 fully saturated rings. The fourth-order valence-electron chi connectivity index (χ4n) is 19.7. The predicted molar refractivity (Wildman–Crippen MR) is 488 cm³/mol. The Kier molecular flexibility index (Phi) is 28.2. The number of hydrogen-bond acceptors (Lipinski definition) is 24. The number of benzene rings is 9. The molecule has 9 aromatic carbocycles. The van der Waals surface area contributed by atoms with E-state index in [0.29, 0.717) is 24.0 Å². The molecule has 1 saturated heterocycles. The van der Waals surface area contributed by atoms with E-state index in [1.165, 1.54) is 76.2 Å². The molecule has 8 unspecified atom stereocenters. The molecule has 29 nitrogen and oxygen atoms in total. The Morgan fingerprint density at radius 1 is 0.545 bits per heavy atom. The topological polar surface area (TPSA) is 387 Å². The van der Waals surface area contributed by atoms with Crippen LogP contribution in [0.5, 0.6) is 0 Å². The molecule has 13 atom stereocenters. The molecule has 0 spiro atoms. The molecule has 9 aromatic rings. The summed E-state index contributed by atoms with van der Waals surface area (Å²) in [7, 11) is 0. The average molecular weight is 1820 g/mol. The van der Waals surface area contributed by atoms with Crippen LogP contribution in [0.1, 0.15) is 172 Å². The van der Waals surface area contributed by atoms with E-state index >= 15 is 14.4 Å². The number of anilines is 1. The highest BCUT2D eigenvalue weighted by Gasteiger charge is 2.79. The van der Waals surface area contributed by atoms with Crippen LogP contribution in [0.15, 0.2) is 254 Å². The van der Waals surface area contributed by atoms with Gasteiger partial charge in [0, 0.05) is 68.2 Å². The third-order valence-electron chi connectivity index (χ3n) is 26.3. The molecule has 0 aromatic heterocycles. The van der Waals surface area contributed by atoms with Crippen LogP contribution in [0.2, 0.25) is 0 Å². The lowest BCUT2D eigenvalue weighted by Gasteiger charge is -2.67. The van der Waals surface area contributed by atoms with Crippen LogP contribution in [0.4, 0.5) is 24.9 Å². The van der Waals surface area contributed by atoms with Crippen LogP contribution in [-0.2, 0) is 93.9 Å². The zero-order chi connectivity index (χ0) is 95.0. The van der Waals surface area contributed by atoms with Crippen molar-refractivity contribution in [3.8, 4) is 22.3 Å². The molecular formula is C105H107N5O24. The number of alkyl carbamates (subject to hydrolysis) is 2. The second kappa shape index (κ2) is 40.0. The predicted octanol–water partition coefficient (Wildman–Crippen LogP) is 15.3. The number of Topliss-reactive ketones (excluding diaryl/α,β-unsaturated/α-hetero) is 1. The molecule has 2 bridgehead atoms. The highest BCUT2D eigenvalue weighted by molar-refractivity contribution is 5.99. The summed E-state index contributed by atoms with van der Waals surface area (Å²) < 4.78 is 68.1. The van der Waals surface area contributed by atoms with Crippen LogP contribution in [-0.4, -0.2) is 169 Å². The standard InChI is InChI=1S/C105H107N5O24/c1-61-82(129-96(118)88(86(66-34-16-11-17-35-66)110-92(114)67-36-18-12-19-37-67)131-100(122)126-59-79-76-46-28-24-42-72(76)73-43-25-29-47-77(73)79)56-105(123)91(132-95(117)68-38-20-13-21-39-68)89-103(9,90(113)87(128-62(2)111)85(61)102(105,7)8)83(55-84-104(89,60-127-84)133-63(3)112)130-99(121)125-57-65-49-51-69(52-50-65)107-93(115)80(108-94(116)81(54-64-32-14-10-15-33-64)109-98(120)134-101(4,5)6)48-30-31-53-106-97(119)124-58-78-74-44-26-22-40-70(74)71-41-23-27-45-75(71)78/h10-29,32-47,49-52,78-84,86-89,91,123H,30-31,48,53-60H2,1-9H3,(H,106,119)(H,107,115)(H,108,116)(H,109,120)(H,110,114)/t80-,81?,82?,83-,84?,86?,87+,88?,89?,91?,103+,104?,105+/m0/s1. The summed E-state index contributed by atoms with van der Waals surface area (Å²) in [6.07, 6.45) is -16.0. The minimum Gasteiger partial charge on any atom is -0.455 e. The quantitative estimate of drug-likeness (QED) is 0.0105. The second-order valence-corrected chi connectivity index (χ2v) is 36.2. The third-order valence-corrected chi connectivity index (χ3v) is 26.3. The molecule has 1 heterocycles. The summed E-state index contributed by atoms with van der Waals surface area (Å²) in [5.41, 5.74) is -0.808. The van der Waals surface area contributed by atoms with Gasteiger partial charge in [-0.2, -0.15) is 0 Å². The van der Waals surface area contributed by atoms with Gasteiger partial charge in [0.15, 0.2) is 17.5 Å². The van der Waals surface area contributed by atoms with Crippen LogP contribution >= 0.6 is 0 Å². The van der Waals surface area contributed by atoms with E-state index in [1.54, 1.807) is 118 Å². The second-order valence-electron chi connectivity index (χ2n) is 36.2. The minimum absolute atomic E-state index is 0.00358. The third kappa shape index (κ3) is 20.0. The van der Waals surface area contributed by atoms with Crippen molar-refractivity contribution >= 4 is 77.6 Å². The maximum Gasteiger partial charge on any atom is 0.509 e. The number of carbonyl (C=O) groups excluding carboxylic acids is 12. The molecule has 2 saturated carbocycles. The van der Waals surface area contributed by atoms with Gasteiger partial charge >= 0.3 is 48.4 Å². The number of aliphatic hydroxyl groups is 1. The van der Waals surface area contributed by atoms with Crippen LogP contribution in [0, 0.1) is 16.7 Å². The van der Waals surface area contributed by atoms with E-state index < -0.39 is 192 Å². The summed E-state index contributed by atoms with van der Waals surface area (Å²) in [6.45, 7) is 11.9. The summed E-state index contributed by atoms with van der Waals surface area (Å²) in [4.78, 5) is 176. The van der Waals surface area contributed by atoms with E-state index in [0.717, 1.165) is 58.4 Å². The van der Waals surface area contributed by atoms with E-state index in [1.807, 2.05) is 97.1 Å². The number of carbonyl (C=O) groups is 12. The average Bonchev–Trinajstić information content (AvgIpc) is 0.757. The van der Waals surface area contributed by atoms with Crippen molar-refractivity contribution in [2.45, 2.75) is 191 Å². The molecule has 0 radical (unpaired) electrons. The summed E-state index contributed by atoms with van der Waals surface area (Å²) in [5, 5.41) is 28.8. The number of ether oxygens (including phenoxy) is 11.